The molecule has 6 heteroatoms. The van der Waals surface area contributed by atoms with Crippen molar-refractivity contribution in [2.75, 3.05) is 20.3 Å². The first-order chi connectivity index (χ1) is 9.96. The number of benzene rings is 1. The molecule has 0 amide bonds. The number of hydrogen-bond donors (Lipinski definition) is 1. The van der Waals surface area contributed by atoms with Crippen molar-refractivity contribution in [1.82, 2.24) is 4.72 Å². The van der Waals surface area contributed by atoms with Crippen molar-refractivity contribution in [2.45, 2.75) is 31.4 Å². The number of hydrogen-bond acceptors (Lipinski definition) is 3. The highest BCUT2D eigenvalue weighted by atomic mass is 35.5. The molecule has 0 aromatic heterocycles. The fourth-order valence-corrected chi connectivity index (χ4v) is 4.51. The molecule has 1 aliphatic carbocycles. The fourth-order valence-electron chi connectivity index (χ4n) is 2.94. The van der Waals surface area contributed by atoms with Crippen LogP contribution in [0.25, 0.3) is 0 Å². The monoisotopic (exact) mass is 331 g/mol. The SMILES string of the molecule is COCC1(CNS(=O)(=O)Cc2ccccc2Cl)CCCC1. The van der Waals surface area contributed by atoms with Gasteiger partial charge in [-0.05, 0) is 24.5 Å². The van der Waals surface area contributed by atoms with E-state index in [2.05, 4.69) is 4.72 Å². The van der Waals surface area contributed by atoms with Crippen LogP contribution >= 0.6 is 11.6 Å². The van der Waals surface area contributed by atoms with Crippen LogP contribution in [0.3, 0.4) is 0 Å². The topological polar surface area (TPSA) is 55.4 Å². The molecule has 1 aromatic carbocycles. The second kappa shape index (κ2) is 7.09. The van der Waals surface area contributed by atoms with Gasteiger partial charge in [-0.25, -0.2) is 13.1 Å². The van der Waals surface area contributed by atoms with E-state index in [0.717, 1.165) is 25.7 Å². The molecule has 0 radical (unpaired) electrons. The average Bonchev–Trinajstić information content (AvgIpc) is 2.89. The molecule has 1 aliphatic rings. The lowest BCUT2D eigenvalue weighted by Crippen LogP contribution is -2.39. The van der Waals surface area contributed by atoms with Crippen LogP contribution in [0, 0.1) is 5.41 Å². The van der Waals surface area contributed by atoms with E-state index in [1.165, 1.54) is 0 Å². The lowest BCUT2D eigenvalue weighted by molar-refractivity contribution is 0.0867. The summed E-state index contributed by atoms with van der Waals surface area (Å²) < 4.78 is 32.5. The predicted molar refractivity (Wildman–Crippen MR) is 84.9 cm³/mol. The Morgan fingerprint density at radius 3 is 2.57 bits per heavy atom. The van der Waals surface area contributed by atoms with Crippen LogP contribution in [-0.2, 0) is 20.5 Å². The third kappa shape index (κ3) is 4.68. The van der Waals surface area contributed by atoms with Crippen molar-refractivity contribution in [3.63, 3.8) is 0 Å². The Morgan fingerprint density at radius 1 is 1.29 bits per heavy atom. The van der Waals surface area contributed by atoms with Gasteiger partial charge in [-0.15, -0.1) is 0 Å². The summed E-state index contributed by atoms with van der Waals surface area (Å²) in [5.41, 5.74) is 0.571. The largest absolute Gasteiger partial charge is 0.384 e. The van der Waals surface area contributed by atoms with Crippen LogP contribution in [0.1, 0.15) is 31.2 Å². The molecule has 1 fully saturated rings. The van der Waals surface area contributed by atoms with Crippen molar-refractivity contribution < 1.29 is 13.2 Å². The van der Waals surface area contributed by atoms with Gasteiger partial charge in [-0.2, -0.15) is 0 Å². The molecule has 0 atom stereocenters. The van der Waals surface area contributed by atoms with E-state index in [9.17, 15) is 8.42 Å². The van der Waals surface area contributed by atoms with Crippen molar-refractivity contribution in [3.8, 4) is 0 Å². The van der Waals surface area contributed by atoms with Gasteiger partial charge in [0.2, 0.25) is 10.0 Å². The van der Waals surface area contributed by atoms with Gasteiger partial charge in [-0.3, -0.25) is 0 Å². The standard InChI is InChI=1S/C15H22ClNO3S/c1-20-12-15(8-4-5-9-15)11-17-21(18,19)10-13-6-2-3-7-14(13)16/h2-3,6-7,17H,4-5,8-12H2,1H3. The Hall–Kier alpha value is -0.620. The van der Waals surface area contributed by atoms with Gasteiger partial charge >= 0.3 is 0 Å². The molecule has 0 spiro atoms. The Morgan fingerprint density at radius 2 is 1.95 bits per heavy atom. The van der Waals surface area contributed by atoms with Gasteiger partial charge in [0.1, 0.15) is 0 Å². The molecule has 1 saturated carbocycles. The van der Waals surface area contributed by atoms with Gasteiger partial charge in [0.25, 0.3) is 0 Å². The maximum Gasteiger partial charge on any atom is 0.215 e. The number of halogens is 1. The van der Waals surface area contributed by atoms with Crippen LogP contribution in [0.4, 0.5) is 0 Å². The van der Waals surface area contributed by atoms with Crippen LogP contribution < -0.4 is 4.72 Å². The quantitative estimate of drug-likeness (QED) is 0.835. The lowest BCUT2D eigenvalue weighted by Gasteiger charge is -2.28. The van der Waals surface area contributed by atoms with Gasteiger partial charge in [0, 0.05) is 24.1 Å². The molecule has 0 heterocycles. The number of rotatable bonds is 7. The summed E-state index contributed by atoms with van der Waals surface area (Å²) in [7, 11) is -1.73. The average molecular weight is 332 g/mol. The lowest BCUT2D eigenvalue weighted by atomic mass is 9.87. The fraction of sp³-hybridized carbons (Fsp3) is 0.600. The predicted octanol–water partition coefficient (Wildman–Crippen LogP) is 2.97. The summed E-state index contributed by atoms with van der Waals surface area (Å²) in [5.74, 6) is -0.0876. The molecule has 2 rings (SSSR count). The second-order valence-electron chi connectivity index (χ2n) is 5.81. The summed E-state index contributed by atoms with van der Waals surface area (Å²) in [6, 6.07) is 7.02. The normalized spacial score (nSPS) is 18.0. The summed E-state index contributed by atoms with van der Waals surface area (Å²) in [5, 5.41) is 0.482. The number of ether oxygens (including phenoxy) is 1. The molecule has 21 heavy (non-hydrogen) atoms. The number of sulfonamides is 1. The Bertz CT molecular complexity index is 568. The molecular formula is C15H22ClNO3S. The van der Waals surface area contributed by atoms with Gasteiger partial charge in [0.15, 0.2) is 0 Å². The van der Waals surface area contributed by atoms with Gasteiger partial charge in [-0.1, -0.05) is 42.6 Å². The van der Waals surface area contributed by atoms with Crippen LogP contribution in [-0.4, -0.2) is 28.7 Å². The molecule has 4 nitrogen and oxygen atoms in total. The first-order valence-corrected chi connectivity index (χ1v) is 9.19. The van der Waals surface area contributed by atoms with Crippen molar-refractivity contribution >= 4 is 21.6 Å². The Labute approximate surface area is 131 Å². The smallest absolute Gasteiger partial charge is 0.215 e. The molecule has 1 N–H and O–H groups in total. The minimum atomic E-state index is -3.39. The summed E-state index contributed by atoms with van der Waals surface area (Å²) in [6.45, 7) is 1.04. The van der Waals surface area contributed by atoms with Gasteiger partial charge in [0.05, 0.1) is 12.4 Å². The van der Waals surface area contributed by atoms with Crippen molar-refractivity contribution in [1.29, 1.82) is 0 Å². The molecule has 118 valence electrons. The molecular weight excluding hydrogens is 310 g/mol. The third-order valence-electron chi connectivity index (χ3n) is 4.09. The zero-order chi connectivity index (χ0) is 15.3. The van der Waals surface area contributed by atoms with Crippen molar-refractivity contribution in [2.24, 2.45) is 5.41 Å². The summed E-state index contributed by atoms with van der Waals surface area (Å²) in [4.78, 5) is 0. The first kappa shape index (κ1) is 16.7. The maximum absolute atomic E-state index is 12.2. The molecule has 0 saturated heterocycles. The molecule has 0 bridgehead atoms. The van der Waals surface area contributed by atoms with E-state index in [0.29, 0.717) is 23.7 Å². The van der Waals surface area contributed by atoms with Crippen LogP contribution in [0.15, 0.2) is 24.3 Å². The Balaban J connectivity index is 1.99. The zero-order valence-corrected chi connectivity index (χ0v) is 13.8. The first-order valence-electron chi connectivity index (χ1n) is 7.16. The number of nitrogens with one attached hydrogen (secondary N) is 1. The van der Waals surface area contributed by atoms with E-state index in [1.807, 2.05) is 0 Å². The van der Waals surface area contributed by atoms with Crippen LogP contribution in [0.5, 0.6) is 0 Å². The number of methoxy groups -OCH3 is 1. The minimum absolute atomic E-state index is 0.0533. The van der Waals surface area contributed by atoms with E-state index in [1.54, 1.807) is 31.4 Å². The van der Waals surface area contributed by atoms with Crippen molar-refractivity contribution in [3.05, 3.63) is 34.9 Å². The maximum atomic E-state index is 12.2. The molecule has 0 unspecified atom stereocenters. The highest BCUT2D eigenvalue weighted by Gasteiger charge is 2.34. The van der Waals surface area contributed by atoms with E-state index < -0.39 is 10.0 Å². The third-order valence-corrected chi connectivity index (χ3v) is 5.73. The zero-order valence-electron chi connectivity index (χ0n) is 12.3. The Kier molecular flexibility index (Phi) is 5.66. The molecule has 0 aliphatic heterocycles. The minimum Gasteiger partial charge on any atom is -0.384 e. The van der Waals surface area contributed by atoms with Crippen LogP contribution in [0.2, 0.25) is 5.02 Å². The highest BCUT2D eigenvalue weighted by molar-refractivity contribution is 7.88. The van der Waals surface area contributed by atoms with E-state index in [4.69, 9.17) is 16.3 Å². The van der Waals surface area contributed by atoms with E-state index >= 15 is 0 Å². The molecule has 1 aromatic rings. The second-order valence-corrected chi connectivity index (χ2v) is 8.03. The van der Waals surface area contributed by atoms with Gasteiger partial charge < -0.3 is 4.74 Å². The van der Waals surface area contributed by atoms with E-state index in [-0.39, 0.29) is 11.2 Å². The summed E-state index contributed by atoms with van der Waals surface area (Å²) in [6.07, 6.45) is 4.29. The summed E-state index contributed by atoms with van der Waals surface area (Å²) >= 11 is 6.02. The highest BCUT2D eigenvalue weighted by Crippen LogP contribution is 2.37.